The number of ether oxygens (including phenoxy) is 1. The standard InChI is InChI=1S/C13H23N3O2/c1-10(2)16-7-11(5-14-16)6-15-8-13(18-3)4-12(15)9-17/h5,7,10,12-13,17H,4,6,8-9H2,1-3H3/t12-,13-/m0/s1. The van der Waals surface area contributed by atoms with Crippen molar-refractivity contribution in [2.75, 3.05) is 20.3 Å². The topological polar surface area (TPSA) is 50.5 Å². The number of likely N-dealkylation sites (tertiary alicyclic amines) is 1. The van der Waals surface area contributed by atoms with Gasteiger partial charge in [0.05, 0.1) is 18.9 Å². The Bertz CT molecular complexity index is 378. The van der Waals surface area contributed by atoms with Gasteiger partial charge in [-0.2, -0.15) is 5.10 Å². The summed E-state index contributed by atoms with van der Waals surface area (Å²) in [5.41, 5.74) is 1.19. The molecule has 2 rings (SSSR count). The number of aliphatic hydroxyl groups is 1. The van der Waals surface area contributed by atoms with E-state index >= 15 is 0 Å². The first-order valence-electron chi connectivity index (χ1n) is 6.54. The van der Waals surface area contributed by atoms with Gasteiger partial charge in [0.15, 0.2) is 0 Å². The zero-order valence-corrected chi connectivity index (χ0v) is 11.4. The molecule has 1 aromatic rings. The molecule has 0 unspecified atom stereocenters. The molecule has 2 atom stereocenters. The van der Waals surface area contributed by atoms with Crippen molar-refractivity contribution < 1.29 is 9.84 Å². The molecular weight excluding hydrogens is 230 g/mol. The van der Waals surface area contributed by atoms with Crippen molar-refractivity contribution in [1.29, 1.82) is 0 Å². The van der Waals surface area contributed by atoms with E-state index in [4.69, 9.17) is 4.74 Å². The van der Waals surface area contributed by atoms with E-state index in [1.54, 1.807) is 7.11 Å². The Morgan fingerprint density at radius 3 is 2.89 bits per heavy atom. The van der Waals surface area contributed by atoms with Crippen molar-refractivity contribution in [3.63, 3.8) is 0 Å². The number of methoxy groups -OCH3 is 1. The first kappa shape index (κ1) is 13.5. The highest BCUT2D eigenvalue weighted by atomic mass is 16.5. The molecule has 0 aromatic carbocycles. The van der Waals surface area contributed by atoms with Gasteiger partial charge in [-0.25, -0.2) is 0 Å². The van der Waals surface area contributed by atoms with Crippen LogP contribution in [0.1, 0.15) is 31.9 Å². The third-order valence-corrected chi connectivity index (χ3v) is 3.60. The smallest absolute Gasteiger partial charge is 0.0714 e. The Morgan fingerprint density at radius 1 is 1.56 bits per heavy atom. The van der Waals surface area contributed by atoms with Gasteiger partial charge in [0.2, 0.25) is 0 Å². The van der Waals surface area contributed by atoms with Crippen molar-refractivity contribution in [2.45, 2.75) is 45.0 Å². The van der Waals surface area contributed by atoms with Crippen LogP contribution in [-0.4, -0.2) is 52.2 Å². The average molecular weight is 253 g/mol. The molecule has 0 amide bonds. The number of hydrogen-bond acceptors (Lipinski definition) is 4. The van der Waals surface area contributed by atoms with E-state index in [1.165, 1.54) is 5.56 Å². The average Bonchev–Trinajstić information content (AvgIpc) is 2.96. The second-order valence-electron chi connectivity index (χ2n) is 5.28. The van der Waals surface area contributed by atoms with Gasteiger partial charge in [-0.1, -0.05) is 0 Å². The van der Waals surface area contributed by atoms with Crippen LogP contribution in [0.2, 0.25) is 0 Å². The molecule has 0 saturated carbocycles. The minimum absolute atomic E-state index is 0.193. The predicted molar refractivity (Wildman–Crippen MR) is 69.3 cm³/mol. The van der Waals surface area contributed by atoms with E-state index in [2.05, 4.69) is 30.0 Å². The molecule has 5 heteroatoms. The molecule has 1 N–H and O–H groups in total. The first-order valence-corrected chi connectivity index (χ1v) is 6.54. The van der Waals surface area contributed by atoms with Gasteiger partial charge >= 0.3 is 0 Å². The van der Waals surface area contributed by atoms with E-state index in [0.717, 1.165) is 19.5 Å². The lowest BCUT2D eigenvalue weighted by Gasteiger charge is -2.21. The van der Waals surface area contributed by atoms with Gasteiger partial charge in [-0.15, -0.1) is 0 Å². The molecule has 1 aliphatic heterocycles. The van der Waals surface area contributed by atoms with E-state index in [1.807, 2.05) is 10.9 Å². The van der Waals surface area contributed by atoms with Crippen LogP contribution in [0.5, 0.6) is 0 Å². The third-order valence-electron chi connectivity index (χ3n) is 3.60. The molecular formula is C13H23N3O2. The van der Waals surface area contributed by atoms with Gasteiger partial charge in [0.1, 0.15) is 0 Å². The fraction of sp³-hybridized carbons (Fsp3) is 0.769. The van der Waals surface area contributed by atoms with Gasteiger partial charge in [0.25, 0.3) is 0 Å². The molecule has 18 heavy (non-hydrogen) atoms. The number of hydrogen-bond donors (Lipinski definition) is 1. The fourth-order valence-corrected chi connectivity index (χ4v) is 2.47. The Morgan fingerprint density at radius 2 is 2.33 bits per heavy atom. The Balaban J connectivity index is 1.99. The van der Waals surface area contributed by atoms with Crippen molar-refractivity contribution in [3.8, 4) is 0 Å². The molecule has 0 aliphatic carbocycles. The van der Waals surface area contributed by atoms with Crippen LogP contribution in [-0.2, 0) is 11.3 Å². The van der Waals surface area contributed by atoms with E-state index < -0.39 is 0 Å². The highest BCUT2D eigenvalue weighted by molar-refractivity contribution is 5.05. The summed E-state index contributed by atoms with van der Waals surface area (Å²) in [6, 6.07) is 0.593. The summed E-state index contributed by atoms with van der Waals surface area (Å²) in [6.07, 6.45) is 5.14. The van der Waals surface area contributed by atoms with Crippen LogP contribution < -0.4 is 0 Å². The number of aliphatic hydroxyl groups excluding tert-OH is 1. The van der Waals surface area contributed by atoms with Crippen LogP contribution in [0.25, 0.3) is 0 Å². The molecule has 0 bridgehead atoms. The molecule has 1 fully saturated rings. The number of aromatic nitrogens is 2. The van der Waals surface area contributed by atoms with Crippen molar-refractivity contribution in [3.05, 3.63) is 18.0 Å². The largest absolute Gasteiger partial charge is 0.395 e. The van der Waals surface area contributed by atoms with Gasteiger partial charge < -0.3 is 9.84 Å². The maximum Gasteiger partial charge on any atom is 0.0714 e. The van der Waals surface area contributed by atoms with Crippen LogP contribution in [0, 0.1) is 0 Å². The molecule has 5 nitrogen and oxygen atoms in total. The summed E-state index contributed by atoms with van der Waals surface area (Å²) in [5, 5.41) is 13.7. The summed E-state index contributed by atoms with van der Waals surface area (Å²) < 4.78 is 7.35. The normalized spacial score (nSPS) is 25.2. The summed E-state index contributed by atoms with van der Waals surface area (Å²) >= 11 is 0. The van der Waals surface area contributed by atoms with Crippen molar-refractivity contribution >= 4 is 0 Å². The summed E-state index contributed by atoms with van der Waals surface area (Å²) in [7, 11) is 1.74. The Kier molecular flexibility index (Phi) is 4.37. The highest BCUT2D eigenvalue weighted by Gasteiger charge is 2.31. The lowest BCUT2D eigenvalue weighted by atomic mass is 10.2. The number of rotatable bonds is 5. The lowest BCUT2D eigenvalue weighted by Crippen LogP contribution is -2.31. The minimum Gasteiger partial charge on any atom is -0.395 e. The molecule has 0 radical (unpaired) electrons. The fourth-order valence-electron chi connectivity index (χ4n) is 2.47. The molecule has 1 aromatic heterocycles. The molecule has 1 aliphatic rings. The molecule has 102 valence electrons. The Labute approximate surface area is 108 Å². The van der Waals surface area contributed by atoms with Crippen LogP contribution in [0.4, 0.5) is 0 Å². The summed E-state index contributed by atoms with van der Waals surface area (Å²) in [6.45, 7) is 6.14. The lowest BCUT2D eigenvalue weighted by molar-refractivity contribution is 0.107. The quantitative estimate of drug-likeness (QED) is 0.852. The second-order valence-corrected chi connectivity index (χ2v) is 5.28. The molecule has 0 spiro atoms. The van der Waals surface area contributed by atoms with E-state index in [-0.39, 0.29) is 18.8 Å². The first-order chi connectivity index (χ1) is 8.63. The van der Waals surface area contributed by atoms with E-state index in [9.17, 15) is 5.11 Å². The maximum atomic E-state index is 9.40. The van der Waals surface area contributed by atoms with Gasteiger partial charge in [-0.3, -0.25) is 9.58 Å². The Hall–Kier alpha value is -0.910. The van der Waals surface area contributed by atoms with E-state index in [0.29, 0.717) is 6.04 Å². The van der Waals surface area contributed by atoms with Crippen LogP contribution >= 0.6 is 0 Å². The molecule has 1 saturated heterocycles. The van der Waals surface area contributed by atoms with Gasteiger partial charge in [-0.05, 0) is 20.3 Å². The summed E-state index contributed by atoms with van der Waals surface area (Å²) in [5.74, 6) is 0. The van der Waals surface area contributed by atoms with Crippen LogP contribution in [0.15, 0.2) is 12.4 Å². The zero-order valence-electron chi connectivity index (χ0n) is 11.4. The SMILES string of the molecule is CO[C@H]1C[C@@H](CO)N(Cc2cnn(C(C)C)c2)C1. The zero-order chi connectivity index (χ0) is 13.1. The number of nitrogens with zero attached hydrogens (tertiary/aromatic N) is 3. The van der Waals surface area contributed by atoms with Gasteiger partial charge in [0, 0.05) is 44.0 Å². The monoisotopic (exact) mass is 253 g/mol. The maximum absolute atomic E-state index is 9.40. The highest BCUT2D eigenvalue weighted by Crippen LogP contribution is 2.22. The summed E-state index contributed by atoms with van der Waals surface area (Å²) in [4.78, 5) is 2.27. The second kappa shape index (κ2) is 5.82. The molecule has 2 heterocycles. The minimum atomic E-state index is 0.193. The van der Waals surface area contributed by atoms with Crippen molar-refractivity contribution in [2.24, 2.45) is 0 Å². The predicted octanol–water partition coefficient (Wildman–Crippen LogP) is 1.05. The van der Waals surface area contributed by atoms with Crippen molar-refractivity contribution in [1.82, 2.24) is 14.7 Å². The van der Waals surface area contributed by atoms with Crippen LogP contribution in [0.3, 0.4) is 0 Å². The third kappa shape index (κ3) is 2.91.